The zero-order valence-electron chi connectivity index (χ0n) is 11.9. The molecule has 1 heterocycles. The molecule has 0 N–H and O–H groups in total. The minimum Gasteiger partial charge on any atom is -0.490 e. The van der Waals surface area contributed by atoms with Gasteiger partial charge in [0.15, 0.2) is 9.84 Å². The molecular formula is C15H15BrClNO3S. The monoisotopic (exact) mass is 403 g/mol. The average Bonchev–Trinajstić information content (AvgIpc) is 2.44. The maximum Gasteiger partial charge on any atom is 0.153 e. The van der Waals surface area contributed by atoms with E-state index in [9.17, 15) is 8.42 Å². The van der Waals surface area contributed by atoms with Crippen molar-refractivity contribution in [3.05, 3.63) is 34.0 Å². The largest absolute Gasteiger partial charge is 0.490 e. The normalized spacial score (nSPS) is 21.6. The Bertz CT molecular complexity index is 819. The molecule has 0 aliphatic heterocycles. The number of aromatic nitrogens is 1. The van der Waals surface area contributed by atoms with Crippen LogP contribution in [0.2, 0.25) is 5.15 Å². The molecule has 0 bridgehead atoms. The Morgan fingerprint density at radius 1 is 1.36 bits per heavy atom. The molecule has 0 amide bonds. The molecule has 1 saturated carbocycles. The molecule has 1 aromatic carbocycles. The molecule has 0 spiro atoms. The molecule has 7 heteroatoms. The molecule has 22 heavy (non-hydrogen) atoms. The Balaban J connectivity index is 1.81. The standard InChI is InChI=1S/C15H15BrClNO3S/c1-2-22(19,20)10-5-9(6-10)21-14-4-3-13(16)11-7-15(17)18-8-12(11)14/h3-4,7-10H,2,5-6H2,1H3. The average molecular weight is 405 g/mol. The van der Waals surface area contributed by atoms with Crippen LogP contribution in [-0.2, 0) is 9.84 Å². The first kappa shape index (κ1) is 16.0. The van der Waals surface area contributed by atoms with Crippen molar-refractivity contribution in [2.75, 3.05) is 5.75 Å². The van der Waals surface area contributed by atoms with Gasteiger partial charge in [-0.1, -0.05) is 34.5 Å². The number of pyridine rings is 1. The lowest BCUT2D eigenvalue weighted by atomic mass is 9.95. The van der Waals surface area contributed by atoms with Gasteiger partial charge in [-0.05, 0) is 18.2 Å². The number of rotatable bonds is 4. The van der Waals surface area contributed by atoms with E-state index >= 15 is 0 Å². The number of halogens is 2. The van der Waals surface area contributed by atoms with E-state index in [1.165, 1.54) is 0 Å². The predicted octanol–water partition coefficient (Wildman–Crippen LogP) is 4.00. The van der Waals surface area contributed by atoms with E-state index in [0.717, 1.165) is 15.2 Å². The van der Waals surface area contributed by atoms with Crippen LogP contribution >= 0.6 is 27.5 Å². The van der Waals surface area contributed by atoms with Crippen molar-refractivity contribution < 1.29 is 13.2 Å². The van der Waals surface area contributed by atoms with Crippen molar-refractivity contribution >= 4 is 48.1 Å². The summed E-state index contributed by atoms with van der Waals surface area (Å²) >= 11 is 9.42. The summed E-state index contributed by atoms with van der Waals surface area (Å²) < 4.78 is 30.5. The first-order valence-electron chi connectivity index (χ1n) is 7.02. The lowest BCUT2D eigenvalue weighted by Crippen LogP contribution is -2.43. The molecule has 1 aromatic heterocycles. The topological polar surface area (TPSA) is 56.3 Å². The van der Waals surface area contributed by atoms with Gasteiger partial charge in [0.1, 0.15) is 17.0 Å². The SMILES string of the molecule is CCS(=O)(=O)C1CC(Oc2ccc(Br)c3cc(Cl)ncc23)C1. The van der Waals surface area contributed by atoms with Crippen LogP contribution < -0.4 is 4.74 Å². The molecule has 3 rings (SSSR count). The summed E-state index contributed by atoms with van der Waals surface area (Å²) in [5.74, 6) is 0.897. The van der Waals surface area contributed by atoms with Gasteiger partial charge >= 0.3 is 0 Å². The van der Waals surface area contributed by atoms with E-state index in [-0.39, 0.29) is 17.1 Å². The zero-order valence-corrected chi connectivity index (χ0v) is 15.1. The minimum atomic E-state index is -2.96. The maximum atomic E-state index is 11.8. The van der Waals surface area contributed by atoms with Gasteiger partial charge in [-0.25, -0.2) is 13.4 Å². The van der Waals surface area contributed by atoms with Crippen molar-refractivity contribution in [2.45, 2.75) is 31.1 Å². The van der Waals surface area contributed by atoms with Gasteiger partial charge in [0.05, 0.1) is 5.25 Å². The quantitative estimate of drug-likeness (QED) is 0.723. The number of fused-ring (bicyclic) bond motifs is 1. The summed E-state index contributed by atoms with van der Waals surface area (Å²) in [5.41, 5.74) is 0. The summed E-state index contributed by atoms with van der Waals surface area (Å²) in [6, 6.07) is 5.54. The van der Waals surface area contributed by atoms with Crippen LogP contribution in [-0.4, -0.2) is 30.5 Å². The molecule has 1 aliphatic carbocycles. The minimum absolute atomic E-state index is 0.0635. The van der Waals surface area contributed by atoms with Crippen molar-refractivity contribution in [1.29, 1.82) is 0 Å². The van der Waals surface area contributed by atoms with Crippen LogP contribution in [0.1, 0.15) is 19.8 Å². The third-order valence-corrected chi connectivity index (χ3v) is 7.13. The fourth-order valence-electron chi connectivity index (χ4n) is 2.58. The molecule has 4 nitrogen and oxygen atoms in total. The van der Waals surface area contributed by atoms with Crippen LogP contribution in [0.3, 0.4) is 0 Å². The highest BCUT2D eigenvalue weighted by Gasteiger charge is 2.39. The molecule has 118 valence electrons. The summed E-state index contributed by atoms with van der Waals surface area (Å²) in [7, 11) is -2.96. The second-order valence-corrected chi connectivity index (χ2v) is 9.19. The first-order chi connectivity index (χ1) is 10.4. The Morgan fingerprint density at radius 3 is 2.77 bits per heavy atom. The Morgan fingerprint density at radius 2 is 2.09 bits per heavy atom. The number of benzene rings is 1. The lowest BCUT2D eigenvalue weighted by molar-refractivity contribution is 0.125. The van der Waals surface area contributed by atoms with E-state index in [2.05, 4.69) is 20.9 Å². The highest BCUT2D eigenvalue weighted by molar-refractivity contribution is 9.10. The van der Waals surface area contributed by atoms with Gasteiger partial charge in [0.2, 0.25) is 0 Å². The highest BCUT2D eigenvalue weighted by Crippen LogP contribution is 2.36. The van der Waals surface area contributed by atoms with Crippen LogP contribution in [0.5, 0.6) is 5.75 Å². The van der Waals surface area contributed by atoms with E-state index < -0.39 is 9.84 Å². The number of sulfone groups is 1. The fraction of sp³-hybridized carbons (Fsp3) is 0.400. The number of nitrogens with zero attached hydrogens (tertiary/aromatic N) is 1. The lowest BCUT2D eigenvalue weighted by Gasteiger charge is -2.34. The van der Waals surface area contributed by atoms with E-state index in [0.29, 0.717) is 23.7 Å². The molecule has 1 aliphatic rings. The van der Waals surface area contributed by atoms with E-state index in [4.69, 9.17) is 16.3 Å². The maximum absolute atomic E-state index is 11.8. The molecule has 1 fully saturated rings. The third kappa shape index (κ3) is 2.96. The van der Waals surface area contributed by atoms with Crippen molar-refractivity contribution in [3.63, 3.8) is 0 Å². The van der Waals surface area contributed by atoms with Gasteiger partial charge in [-0.3, -0.25) is 0 Å². The number of hydrogen-bond acceptors (Lipinski definition) is 4. The summed E-state index contributed by atoms with van der Waals surface area (Å²) in [5, 5.41) is 1.94. The van der Waals surface area contributed by atoms with Crippen molar-refractivity contribution in [3.8, 4) is 5.75 Å². The molecule has 0 atom stereocenters. The second kappa shape index (κ2) is 5.98. The summed E-state index contributed by atoms with van der Waals surface area (Å²) in [4.78, 5) is 4.10. The van der Waals surface area contributed by atoms with Gasteiger partial charge in [-0.2, -0.15) is 0 Å². The number of ether oxygens (including phenoxy) is 1. The van der Waals surface area contributed by atoms with Crippen LogP contribution in [0.15, 0.2) is 28.9 Å². The fourth-order valence-corrected chi connectivity index (χ4v) is 4.68. The smallest absolute Gasteiger partial charge is 0.153 e. The Labute approximate surface area is 142 Å². The van der Waals surface area contributed by atoms with Gasteiger partial charge in [0.25, 0.3) is 0 Å². The van der Waals surface area contributed by atoms with E-state index in [1.54, 1.807) is 19.2 Å². The molecular weight excluding hydrogens is 390 g/mol. The predicted molar refractivity (Wildman–Crippen MR) is 91.4 cm³/mol. The Hall–Kier alpha value is -0.850. The van der Waals surface area contributed by atoms with Crippen molar-refractivity contribution in [1.82, 2.24) is 4.98 Å². The van der Waals surface area contributed by atoms with E-state index in [1.807, 2.05) is 12.1 Å². The summed E-state index contributed by atoms with van der Waals surface area (Å²) in [6.45, 7) is 1.68. The van der Waals surface area contributed by atoms with Crippen LogP contribution in [0.25, 0.3) is 10.8 Å². The highest BCUT2D eigenvalue weighted by atomic mass is 79.9. The third-order valence-electron chi connectivity index (χ3n) is 4.03. The van der Waals surface area contributed by atoms with Gasteiger partial charge < -0.3 is 4.74 Å². The van der Waals surface area contributed by atoms with Crippen molar-refractivity contribution in [2.24, 2.45) is 0 Å². The Kier molecular flexibility index (Phi) is 4.36. The van der Waals surface area contributed by atoms with Gasteiger partial charge in [-0.15, -0.1) is 0 Å². The summed E-state index contributed by atoms with van der Waals surface area (Å²) in [6.07, 6.45) is 2.71. The molecule has 2 aromatic rings. The molecule has 0 unspecified atom stereocenters. The number of hydrogen-bond donors (Lipinski definition) is 0. The molecule has 0 saturated heterocycles. The second-order valence-electron chi connectivity index (χ2n) is 5.38. The van der Waals surface area contributed by atoms with Crippen LogP contribution in [0.4, 0.5) is 0 Å². The molecule has 0 radical (unpaired) electrons. The first-order valence-corrected chi connectivity index (χ1v) is 9.91. The van der Waals surface area contributed by atoms with Gasteiger partial charge in [0, 0.05) is 40.0 Å². The zero-order chi connectivity index (χ0) is 15.9. The van der Waals surface area contributed by atoms with Crippen LogP contribution in [0, 0.1) is 0 Å².